The summed E-state index contributed by atoms with van der Waals surface area (Å²) in [6.45, 7) is 3.28. The second-order valence-electron chi connectivity index (χ2n) is 3.09. The molecule has 0 saturated carbocycles. The number of carboxylic acid groups (broad SMARTS) is 1. The van der Waals surface area contributed by atoms with E-state index >= 15 is 0 Å². The third-order valence-electron chi connectivity index (χ3n) is 1.89. The predicted octanol–water partition coefficient (Wildman–Crippen LogP) is 0.988. The first kappa shape index (κ1) is 13.3. The zero-order chi connectivity index (χ0) is 13.1. The lowest BCUT2D eigenvalue weighted by atomic mass is 10.2. The van der Waals surface area contributed by atoms with Crippen LogP contribution in [0.5, 0.6) is 0 Å². The molecule has 0 bridgehead atoms. The molecule has 1 aromatic carbocycles. The molecule has 1 rings (SSSR count). The zero-order valence-corrected chi connectivity index (χ0v) is 9.50. The lowest BCUT2D eigenvalue weighted by molar-refractivity contribution is 0.0696. The molecule has 0 spiro atoms. The van der Waals surface area contributed by atoms with Crippen LogP contribution >= 0.6 is 0 Å². The summed E-state index contributed by atoms with van der Waals surface area (Å²) in [5, 5.41) is 8.60. The molecule has 0 aliphatic rings. The highest BCUT2D eigenvalue weighted by Gasteiger charge is 2.19. The smallest absolute Gasteiger partial charge is 0.335 e. The number of carbonyl (C=O) groups is 1. The van der Waals surface area contributed by atoms with Crippen molar-refractivity contribution in [2.24, 2.45) is 0 Å². The van der Waals surface area contributed by atoms with Crippen molar-refractivity contribution in [3.05, 3.63) is 42.2 Å². The van der Waals surface area contributed by atoms with Crippen LogP contribution in [0, 0.1) is 5.82 Å². The number of carboxylic acids is 1. The van der Waals surface area contributed by atoms with Crippen LogP contribution < -0.4 is 4.72 Å². The summed E-state index contributed by atoms with van der Waals surface area (Å²) in [5.41, 5.74) is -0.315. The maximum atomic E-state index is 13.4. The fourth-order valence-electron chi connectivity index (χ4n) is 1.10. The largest absolute Gasteiger partial charge is 0.478 e. The van der Waals surface area contributed by atoms with Gasteiger partial charge in [0.1, 0.15) is 10.7 Å². The van der Waals surface area contributed by atoms with Crippen LogP contribution in [0.4, 0.5) is 4.39 Å². The van der Waals surface area contributed by atoms with Crippen molar-refractivity contribution in [1.82, 2.24) is 4.72 Å². The zero-order valence-electron chi connectivity index (χ0n) is 8.68. The van der Waals surface area contributed by atoms with Gasteiger partial charge in [0, 0.05) is 6.54 Å². The molecule has 0 aliphatic heterocycles. The van der Waals surface area contributed by atoms with Gasteiger partial charge in [0.2, 0.25) is 10.0 Å². The Balaban J connectivity index is 3.16. The van der Waals surface area contributed by atoms with Gasteiger partial charge in [-0.3, -0.25) is 0 Å². The van der Waals surface area contributed by atoms with Crippen LogP contribution in [0.1, 0.15) is 10.4 Å². The van der Waals surface area contributed by atoms with Crippen LogP contribution in [0.2, 0.25) is 0 Å². The molecular weight excluding hydrogens is 249 g/mol. The lowest BCUT2D eigenvalue weighted by Crippen LogP contribution is -2.24. The molecule has 0 saturated heterocycles. The summed E-state index contributed by atoms with van der Waals surface area (Å²) in [6, 6.07) is 2.59. The first-order valence-corrected chi connectivity index (χ1v) is 6.00. The Kier molecular flexibility index (Phi) is 3.97. The van der Waals surface area contributed by atoms with Crippen molar-refractivity contribution in [2.45, 2.75) is 4.90 Å². The summed E-state index contributed by atoms with van der Waals surface area (Å²) in [4.78, 5) is 9.95. The van der Waals surface area contributed by atoms with E-state index in [2.05, 4.69) is 11.3 Å². The van der Waals surface area contributed by atoms with Gasteiger partial charge in [-0.05, 0) is 18.2 Å². The van der Waals surface area contributed by atoms with Gasteiger partial charge in [-0.1, -0.05) is 6.08 Å². The quantitative estimate of drug-likeness (QED) is 0.772. The summed E-state index contributed by atoms with van der Waals surface area (Å²) < 4.78 is 38.6. The summed E-state index contributed by atoms with van der Waals surface area (Å²) in [6.07, 6.45) is 1.31. The molecule has 0 aliphatic carbocycles. The lowest BCUT2D eigenvalue weighted by Gasteiger charge is -2.06. The van der Waals surface area contributed by atoms with Gasteiger partial charge >= 0.3 is 5.97 Å². The Morgan fingerprint density at radius 3 is 2.65 bits per heavy atom. The van der Waals surface area contributed by atoms with E-state index in [4.69, 9.17) is 5.11 Å². The highest BCUT2D eigenvalue weighted by atomic mass is 32.2. The fourth-order valence-corrected chi connectivity index (χ4v) is 2.15. The van der Waals surface area contributed by atoms with E-state index in [1.165, 1.54) is 6.08 Å². The van der Waals surface area contributed by atoms with Crippen LogP contribution in [-0.4, -0.2) is 26.0 Å². The highest BCUT2D eigenvalue weighted by molar-refractivity contribution is 7.89. The molecule has 0 atom stereocenters. The number of rotatable bonds is 5. The molecule has 92 valence electrons. The highest BCUT2D eigenvalue weighted by Crippen LogP contribution is 2.15. The van der Waals surface area contributed by atoms with E-state index in [-0.39, 0.29) is 12.1 Å². The number of halogens is 1. The van der Waals surface area contributed by atoms with E-state index in [9.17, 15) is 17.6 Å². The van der Waals surface area contributed by atoms with Gasteiger partial charge in [-0.25, -0.2) is 22.3 Å². The van der Waals surface area contributed by atoms with E-state index in [0.717, 1.165) is 12.1 Å². The molecule has 0 unspecified atom stereocenters. The minimum Gasteiger partial charge on any atom is -0.478 e. The van der Waals surface area contributed by atoms with Crippen molar-refractivity contribution >= 4 is 16.0 Å². The van der Waals surface area contributed by atoms with Crippen molar-refractivity contribution in [3.63, 3.8) is 0 Å². The first-order chi connectivity index (χ1) is 7.88. The van der Waals surface area contributed by atoms with E-state index < -0.39 is 26.7 Å². The van der Waals surface area contributed by atoms with E-state index in [1.54, 1.807) is 0 Å². The fraction of sp³-hybridized carbons (Fsp3) is 0.100. The van der Waals surface area contributed by atoms with Crippen LogP contribution in [-0.2, 0) is 10.0 Å². The number of hydrogen-bond donors (Lipinski definition) is 2. The molecule has 0 aromatic heterocycles. The van der Waals surface area contributed by atoms with Crippen LogP contribution in [0.25, 0.3) is 0 Å². The second-order valence-corrected chi connectivity index (χ2v) is 4.83. The van der Waals surface area contributed by atoms with Crippen molar-refractivity contribution in [3.8, 4) is 0 Å². The molecular formula is C10H10FNO4S. The minimum atomic E-state index is -3.98. The summed E-state index contributed by atoms with van der Waals surface area (Å²) in [5.74, 6) is -2.44. The SMILES string of the molecule is C=CCNS(=O)(=O)c1ccc(C(=O)O)cc1F. The third kappa shape index (κ3) is 3.11. The molecule has 0 fully saturated rings. The van der Waals surface area contributed by atoms with Crippen LogP contribution in [0.15, 0.2) is 35.7 Å². The van der Waals surface area contributed by atoms with Gasteiger partial charge < -0.3 is 5.11 Å². The third-order valence-corrected chi connectivity index (χ3v) is 3.34. The number of benzene rings is 1. The van der Waals surface area contributed by atoms with Crippen molar-refractivity contribution in [2.75, 3.05) is 6.54 Å². The Hall–Kier alpha value is -1.73. The molecule has 2 N–H and O–H groups in total. The molecule has 0 heterocycles. The minimum absolute atomic E-state index is 0.0392. The van der Waals surface area contributed by atoms with Crippen LogP contribution in [0.3, 0.4) is 0 Å². The van der Waals surface area contributed by atoms with Gasteiger partial charge in [-0.2, -0.15) is 0 Å². The monoisotopic (exact) mass is 259 g/mol. The average molecular weight is 259 g/mol. The normalized spacial score (nSPS) is 11.1. The van der Waals surface area contributed by atoms with E-state index in [0.29, 0.717) is 6.07 Å². The number of hydrogen-bond acceptors (Lipinski definition) is 3. The molecule has 0 radical (unpaired) electrons. The van der Waals surface area contributed by atoms with Crippen molar-refractivity contribution in [1.29, 1.82) is 0 Å². The number of sulfonamides is 1. The first-order valence-electron chi connectivity index (χ1n) is 4.52. The van der Waals surface area contributed by atoms with Gasteiger partial charge in [-0.15, -0.1) is 6.58 Å². The van der Waals surface area contributed by atoms with E-state index in [1.807, 2.05) is 0 Å². The Bertz CT molecular complexity index is 553. The van der Waals surface area contributed by atoms with Gasteiger partial charge in [0.15, 0.2) is 0 Å². The second kappa shape index (κ2) is 5.07. The maximum Gasteiger partial charge on any atom is 0.335 e. The molecule has 0 amide bonds. The maximum absolute atomic E-state index is 13.4. The average Bonchev–Trinajstić information content (AvgIpc) is 2.25. The topological polar surface area (TPSA) is 83.5 Å². The van der Waals surface area contributed by atoms with Crippen molar-refractivity contribution < 1.29 is 22.7 Å². The summed E-state index contributed by atoms with van der Waals surface area (Å²) >= 11 is 0. The predicted molar refractivity (Wildman–Crippen MR) is 58.7 cm³/mol. The molecule has 5 nitrogen and oxygen atoms in total. The standard InChI is InChI=1S/C10H10FNO4S/c1-2-5-12-17(15,16)9-4-3-7(10(13)14)6-8(9)11/h2-4,6,12H,1,5H2,(H,13,14). The molecule has 17 heavy (non-hydrogen) atoms. The number of aromatic carboxylic acids is 1. The Morgan fingerprint density at radius 1 is 1.53 bits per heavy atom. The van der Waals surface area contributed by atoms with Gasteiger partial charge in [0.25, 0.3) is 0 Å². The summed E-state index contributed by atoms with van der Waals surface area (Å²) in [7, 11) is -3.98. The van der Waals surface area contributed by atoms with Gasteiger partial charge in [0.05, 0.1) is 5.56 Å². The Labute approximate surface area is 97.6 Å². The number of nitrogens with one attached hydrogen (secondary N) is 1. The molecule has 1 aromatic rings. The Morgan fingerprint density at radius 2 is 2.18 bits per heavy atom. The molecule has 7 heteroatoms.